The van der Waals surface area contributed by atoms with Crippen LogP contribution in [0.4, 0.5) is 10.1 Å². The second-order valence-corrected chi connectivity index (χ2v) is 9.41. The van der Waals surface area contributed by atoms with Crippen molar-refractivity contribution in [1.82, 2.24) is 4.98 Å². The standard InChI is InChI=1S/C20H18BrFN2O3S/c1-2-11-8-13-17(23-16-4-3-5-18(25)20(13)16)10-19(11)28(26,27)24-15-7-6-12(21)9-14(15)22/h6-10,23-24H,2-5H2,1H3. The number of ketones is 1. The van der Waals surface area contributed by atoms with Gasteiger partial charge in [-0.2, -0.15) is 0 Å². The van der Waals surface area contributed by atoms with Crippen LogP contribution in [0.1, 0.15) is 41.4 Å². The second-order valence-electron chi connectivity index (χ2n) is 6.84. The number of anilines is 1. The average molecular weight is 465 g/mol. The number of carbonyl (C=O) groups is 1. The molecule has 0 bridgehead atoms. The highest BCUT2D eigenvalue weighted by molar-refractivity contribution is 9.10. The van der Waals surface area contributed by atoms with E-state index in [1.807, 2.05) is 6.92 Å². The molecule has 1 heterocycles. The van der Waals surface area contributed by atoms with Crippen molar-refractivity contribution >= 4 is 48.3 Å². The van der Waals surface area contributed by atoms with Crippen molar-refractivity contribution in [1.29, 1.82) is 0 Å². The Morgan fingerprint density at radius 3 is 2.71 bits per heavy atom. The number of nitrogens with one attached hydrogen (secondary N) is 2. The van der Waals surface area contributed by atoms with Gasteiger partial charge in [-0.3, -0.25) is 9.52 Å². The molecule has 0 amide bonds. The number of aromatic nitrogens is 1. The van der Waals surface area contributed by atoms with E-state index in [0.717, 1.165) is 23.9 Å². The largest absolute Gasteiger partial charge is 0.358 e. The van der Waals surface area contributed by atoms with Gasteiger partial charge >= 0.3 is 0 Å². The predicted octanol–water partition coefficient (Wildman–Crippen LogP) is 4.95. The first kappa shape index (κ1) is 19.1. The molecular formula is C20H18BrFN2O3S. The second kappa shape index (κ2) is 7.00. The number of fused-ring (bicyclic) bond motifs is 3. The van der Waals surface area contributed by atoms with Crippen molar-refractivity contribution in [2.45, 2.75) is 37.5 Å². The van der Waals surface area contributed by atoms with Crippen molar-refractivity contribution < 1.29 is 17.6 Å². The van der Waals surface area contributed by atoms with E-state index < -0.39 is 15.8 Å². The van der Waals surface area contributed by atoms with Gasteiger partial charge in [-0.1, -0.05) is 22.9 Å². The van der Waals surface area contributed by atoms with E-state index >= 15 is 0 Å². The smallest absolute Gasteiger partial charge is 0.262 e. The van der Waals surface area contributed by atoms with Crippen molar-refractivity contribution in [2.24, 2.45) is 0 Å². The number of benzene rings is 2. The van der Waals surface area contributed by atoms with Gasteiger partial charge in [0.15, 0.2) is 5.78 Å². The quantitative estimate of drug-likeness (QED) is 0.572. The summed E-state index contributed by atoms with van der Waals surface area (Å²) < 4.78 is 43.0. The summed E-state index contributed by atoms with van der Waals surface area (Å²) in [4.78, 5) is 15.6. The average Bonchev–Trinajstić information content (AvgIpc) is 3.01. The van der Waals surface area contributed by atoms with E-state index in [2.05, 4.69) is 25.6 Å². The summed E-state index contributed by atoms with van der Waals surface area (Å²) >= 11 is 3.15. The lowest BCUT2D eigenvalue weighted by Gasteiger charge is -2.13. The molecule has 0 spiro atoms. The van der Waals surface area contributed by atoms with Crippen LogP contribution in [0.15, 0.2) is 39.7 Å². The maximum Gasteiger partial charge on any atom is 0.262 e. The number of rotatable bonds is 4. The summed E-state index contributed by atoms with van der Waals surface area (Å²) in [5, 5.41) is 0.755. The van der Waals surface area contributed by atoms with Crippen molar-refractivity contribution in [3.63, 3.8) is 0 Å². The molecule has 0 fully saturated rings. The van der Waals surface area contributed by atoms with Crippen LogP contribution in [0, 0.1) is 5.82 Å². The van der Waals surface area contributed by atoms with E-state index in [0.29, 0.717) is 34.0 Å². The fraction of sp³-hybridized carbons (Fsp3) is 0.250. The first-order valence-electron chi connectivity index (χ1n) is 8.98. The number of H-pyrrole nitrogens is 1. The van der Waals surface area contributed by atoms with Crippen LogP contribution in [0.5, 0.6) is 0 Å². The van der Waals surface area contributed by atoms with Crippen molar-refractivity contribution in [2.75, 3.05) is 4.72 Å². The fourth-order valence-electron chi connectivity index (χ4n) is 3.68. The molecule has 0 saturated heterocycles. The molecule has 4 rings (SSSR count). The van der Waals surface area contributed by atoms with E-state index in [9.17, 15) is 17.6 Å². The van der Waals surface area contributed by atoms with Gasteiger partial charge in [0.05, 0.1) is 10.6 Å². The summed E-state index contributed by atoms with van der Waals surface area (Å²) in [6.07, 6.45) is 2.52. The Morgan fingerprint density at radius 1 is 1.21 bits per heavy atom. The molecule has 8 heteroatoms. The van der Waals surface area contributed by atoms with E-state index in [4.69, 9.17) is 0 Å². The molecule has 0 atom stereocenters. The first-order valence-corrected chi connectivity index (χ1v) is 11.3. The molecule has 5 nitrogen and oxygen atoms in total. The highest BCUT2D eigenvalue weighted by Crippen LogP contribution is 2.33. The zero-order chi connectivity index (χ0) is 20.1. The normalized spacial score (nSPS) is 14.3. The molecular weight excluding hydrogens is 447 g/mol. The van der Waals surface area contributed by atoms with Gasteiger partial charge in [-0.05, 0) is 55.2 Å². The number of carbonyl (C=O) groups excluding carboxylic acids is 1. The summed E-state index contributed by atoms with van der Waals surface area (Å²) in [6.45, 7) is 1.85. The molecule has 146 valence electrons. The van der Waals surface area contributed by atoms with Gasteiger partial charge in [0.2, 0.25) is 0 Å². The van der Waals surface area contributed by atoms with E-state index in [1.54, 1.807) is 18.2 Å². The summed E-state index contributed by atoms with van der Waals surface area (Å²) in [6, 6.07) is 7.44. The van der Waals surface area contributed by atoms with Crippen LogP contribution < -0.4 is 4.72 Å². The third-order valence-corrected chi connectivity index (χ3v) is 6.95. The lowest BCUT2D eigenvalue weighted by Crippen LogP contribution is -2.16. The van der Waals surface area contributed by atoms with Gasteiger partial charge in [0.1, 0.15) is 5.82 Å². The molecule has 0 saturated carbocycles. The Balaban J connectivity index is 1.84. The van der Waals surface area contributed by atoms with E-state index in [-0.39, 0.29) is 16.4 Å². The van der Waals surface area contributed by atoms with Gasteiger partial charge in [-0.25, -0.2) is 12.8 Å². The van der Waals surface area contributed by atoms with Gasteiger partial charge in [0, 0.05) is 33.1 Å². The molecule has 0 unspecified atom stereocenters. The topological polar surface area (TPSA) is 79.0 Å². The minimum atomic E-state index is -4.01. The third kappa shape index (κ3) is 3.24. The van der Waals surface area contributed by atoms with Gasteiger partial charge in [0.25, 0.3) is 10.0 Å². The third-order valence-electron chi connectivity index (χ3n) is 5.01. The van der Waals surface area contributed by atoms with Crippen molar-refractivity contribution in [3.8, 4) is 0 Å². The minimum absolute atomic E-state index is 0.0795. The van der Waals surface area contributed by atoms with Crippen LogP contribution in [0.2, 0.25) is 0 Å². The maximum atomic E-state index is 14.1. The highest BCUT2D eigenvalue weighted by Gasteiger charge is 2.26. The zero-order valence-electron chi connectivity index (χ0n) is 15.1. The number of Topliss-reactive ketones (excluding diaryl/α,β-unsaturated/α-hetero) is 1. The number of aryl methyl sites for hydroxylation is 2. The van der Waals surface area contributed by atoms with Crippen LogP contribution in [0.25, 0.3) is 10.9 Å². The molecule has 0 aliphatic heterocycles. The lowest BCUT2D eigenvalue weighted by molar-refractivity contribution is 0.0974. The molecule has 3 aromatic rings. The number of hydrogen-bond acceptors (Lipinski definition) is 3. The number of hydrogen-bond donors (Lipinski definition) is 2. The van der Waals surface area contributed by atoms with Crippen LogP contribution >= 0.6 is 15.9 Å². The van der Waals surface area contributed by atoms with E-state index in [1.165, 1.54) is 12.1 Å². The SMILES string of the molecule is CCc1cc2c3c([nH]c2cc1S(=O)(=O)Nc1ccc(Br)cc1F)CCCC3=O. The van der Waals surface area contributed by atoms with Gasteiger partial charge in [-0.15, -0.1) is 0 Å². The number of sulfonamides is 1. The Kier molecular flexibility index (Phi) is 4.79. The Labute approximate surface area is 170 Å². The summed E-state index contributed by atoms with van der Waals surface area (Å²) in [5.41, 5.74) is 2.60. The molecule has 1 aliphatic rings. The van der Waals surface area contributed by atoms with Crippen LogP contribution in [-0.2, 0) is 22.9 Å². The summed E-state index contributed by atoms with van der Waals surface area (Å²) in [5.74, 6) is -0.585. The molecule has 1 aliphatic carbocycles. The van der Waals surface area contributed by atoms with Crippen LogP contribution in [0.3, 0.4) is 0 Å². The molecule has 1 aromatic heterocycles. The number of aromatic amines is 1. The molecule has 2 N–H and O–H groups in total. The Hall–Kier alpha value is -2.19. The molecule has 28 heavy (non-hydrogen) atoms. The zero-order valence-corrected chi connectivity index (χ0v) is 17.5. The molecule has 2 aromatic carbocycles. The lowest BCUT2D eigenvalue weighted by atomic mass is 9.94. The monoisotopic (exact) mass is 464 g/mol. The molecule has 0 radical (unpaired) electrons. The van der Waals surface area contributed by atoms with Crippen molar-refractivity contribution in [3.05, 3.63) is 57.4 Å². The predicted molar refractivity (Wildman–Crippen MR) is 110 cm³/mol. The van der Waals surface area contributed by atoms with Gasteiger partial charge < -0.3 is 4.98 Å². The fourth-order valence-corrected chi connectivity index (χ4v) is 5.40. The highest BCUT2D eigenvalue weighted by atomic mass is 79.9. The number of halogens is 2. The Bertz CT molecular complexity index is 1220. The van der Waals surface area contributed by atoms with Crippen LogP contribution in [-0.4, -0.2) is 19.2 Å². The maximum absolute atomic E-state index is 14.1. The first-order chi connectivity index (χ1) is 13.3. The minimum Gasteiger partial charge on any atom is -0.358 e. The Morgan fingerprint density at radius 2 is 2.00 bits per heavy atom. The summed E-state index contributed by atoms with van der Waals surface area (Å²) in [7, 11) is -4.01.